The number of benzene rings is 1. The highest BCUT2D eigenvalue weighted by molar-refractivity contribution is 14.0. The first-order chi connectivity index (χ1) is 12.8. The third kappa shape index (κ3) is 5.00. The Hall–Kier alpha value is -1.29. The highest BCUT2D eigenvalue weighted by Gasteiger charge is 2.40. The molecule has 0 saturated carbocycles. The monoisotopic (exact) mass is 518 g/mol. The van der Waals surface area contributed by atoms with Crippen LogP contribution in [0.3, 0.4) is 0 Å². The Morgan fingerprint density at radius 2 is 2.07 bits per heavy atom. The van der Waals surface area contributed by atoms with E-state index in [0.29, 0.717) is 19.6 Å². The SMILES string of the molecule is CCNC(=NCCCc1c[nH]c2ccccc12)N1CCS(=O)(=O)C(C)(C)C1.I. The van der Waals surface area contributed by atoms with Gasteiger partial charge in [-0.15, -0.1) is 24.0 Å². The molecule has 2 N–H and O–H groups in total. The fourth-order valence-electron chi connectivity index (χ4n) is 3.54. The second-order valence-electron chi connectivity index (χ2n) is 7.70. The number of fused-ring (bicyclic) bond motifs is 1. The largest absolute Gasteiger partial charge is 0.361 e. The molecule has 156 valence electrons. The van der Waals surface area contributed by atoms with Gasteiger partial charge in [0.05, 0.1) is 10.5 Å². The number of sulfone groups is 1. The van der Waals surface area contributed by atoms with E-state index in [4.69, 9.17) is 4.99 Å². The summed E-state index contributed by atoms with van der Waals surface area (Å²) >= 11 is 0. The number of hydrogen-bond acceptors (Lipinski definition) is 3. The Kier molecular flexibility index (Phi) is 7.78. The normalized spacial score (nSPS) is 18.7. The molecule has 0 spiro atoms. The molecule has 8 heteroatoms. The summed E-state index contributed by atoms with van der Waals surface area (Å²) in [5, 5.41) is 4.59. The third-order valence-corrected chi connectivity index (χ3v) is 7.75. The number of aliphatic imine (C=N–C) groups is 1. The van der Waals surface area contributed by atoms with Gasteiger partial charge in [0.25, 0.3) is 0 Å². The Balaban J connectivity index is 0.00000280. The van der Waals surface area contributed by atoms with Crippen molar-refractivity contribution in [2.75, 3.05) is 31.9 Å². The Bertz CT molecular complexity index is 921. The molecular formula is C20H31IN4O2S. The Morgan fingerprint density at radius 1 is 1.32 bits per heavy atom. The van der Waals surface area contributed by atoms with Crippen molar-refractivity contribution in [3.05, 3.63) is 36.0 Å². The molecule has 0 atom stereocenters. The van der Waals surface area contributed by atoms with Gasteiger partial charge in [-0.1, -0.05) is 18.2 Å². The number of guanidine groups is 1. The van der Waals surface area contributed by atoms with Crippen molar-refractivity contribution in [3.8, 4) is 0 Å². The van der Waals surface area contributed by atoms with Crippen LogP contribution in [-0.2, 0) is 16.3 Å². The van der Waals surface area contributed by atoms with Crippen molar-refractivity contribution in [1.82, 2.24) is 15.2 Å². The number of hydrogen-bond donors (Lipinski definition) is 2. The van der Waals surface area contributed by atoms with Gasteiger partial charge < -0.3 is 15.2 Å². The van der Waals surface area contributed by atoms with Gasteiger partial charge in [-0.3, -0.25) is 4.99 Å². The first kappa shape index (κ1) is 23.0. The van der Waals surface area contributed by atoms with Crippen molar-refractivity contribution in [2.24, 2.45) is 4.99 Å². The molecule has 0 aliphatic carbocycles. The fraction of sp³-hybridized carbons (Fsp3) is 0.550. The van der Waals surface area contributed by atoms with E-state index in [1.165, 1.54) is 16.5 Å². The minimum absolute atomic E-state index is 0. The Morgan fingerprint density at radius 3 is 2.79 bits per heavy atom. The number of rotatable bonds is 5. The molecule has 2 aromatic rings. The molecular weight excluding hydrogens is 487 g/mol. The van der Waals surface area contributed by atoms with Gasteiger partial charge in [0.1, 0.15) is 0 Å². The van der Waals surface area contributed by atoms with E-state index in [-0.39, 0.29) is 29.7 Å². The fourth-order valence-corrected chi connectivity index (χ4v) is 4.91. The lowest BCUT2D eigenvalue weighted by molar-refractivity contribution is 0.353. The first-order valence-electron chi connectivity index (χ1n) is 9.64. The van der Waals surface area contributed by atoms with Crippen LogP contribution in [0.25, 0.3) is 10.9 Å². The lowest BCUT2D eigenvalue weighted by atomic mass is 10.1. The van der Waals surface area contributed by atoms with Crippen molar-refractivity contribution < 1.29 is 8.42 Å². The average Bonchev–Trinajstić information content (AvgIpc) is 3.03. The van der Waals surface area contributed by atoms with Gasteiger partial charge in [-0.05, 0) is 45.2 Å². The molecule has 0 amide bonds. The van der Waals surface area contributed by atoms with Gasteiger partial charge in [-0.2, -0.15) is 0 Å². The van der Waals surface area contributed by atoms with E-state index < -0.39 is 14.6 Å². The van der Waals surface area contributed by atoms with E-state index in [9.17, 15) is 8.42 Å². The number of halogens is 1. The minimum atomic E-state index is -3.05. The Labute approximate surface area is 185 Å². The van der Waals surface area contributed by atoms with Crippen molar-refractivity contribution in [2.45, 2.75) is 38.4 Å². The maximum Gasteiger partial charge on any atom is 0.193 e. The quantitative estimate of drug-likeness (QED) is 0.276. The van der Waals surface area contributed by atoms with Gasteiger partial charge in [0.2, 0.25) is 0 Å². The number of nitrogens with one attached hydrogen (secondary N) is 2. The van der Waals surface area contributed by atoms with Crippen LogP contribution in [0, 0.1) is 0 Å². The summed E-state index contributed by atoms with van der Waals surface area (Å²) < 4.78 is 23.7. The van der Waals surface area contributed by atoms with Crippen LogP contribution in [0.1, 0.15) is 32.8 Å². The van der Waals surface area contributed by atoms with Crippen LogP contribution in [0.5, 0.6) is 0 Å². The molecule has 0 bridgehead atoms. The predicted molar refractivity (Wildman–Crippen MR) is 127 cm³/mol. The van der Waals surface area contributed by atoms with Gasteiger partial charge in [-0.25, -0.2) is 8.42 Å². The van der Waals surface area contributed by atoms with E-state index >= 15 is 0 Å². The minimum Gasteiger partial charge on any atom is -0.361 e. The number of aromatic amines is 1. The summed E-state index contributed by atoms with van der Waals surface area (Å²) in [5.74, 6) is 0.999. The average molecular weight is 518 g/mol. The molecule has 28 heavy (non-hydrogen) atoms. The maximum atomic E-state index is 12.2. The molecule has 1 aromatic heterocycles. The standard InChI is InChI=1S/C20H30N4O2S.HI/c1-4-21-19(24-12-13-27(25,26)20(2,3)15-24)22-11-7-8-16-14-23-18-10-6-5-9-17(16)18;/h5-6,9-10,14,23H,4,7-8,11-13,15H2,1-3H3,(H,21,22);1H. The highest BCUT2D eigenvalue weighted by atomic mass is 127. The van der Waals surface area contributed by atoms with Crippen molar-refractivity contribution >= 4 is 50.7 Å². The molecule has 1 aliphatic rings. The van der Waals surface area contributed by atoms with Crippen LogP contribution >= 0.6 is 24.0 Å². The van der Waals surface area contributed by atoms with E-state index in [0.717, 1.165) is 25.3 Å². The summed E-state index contributed by atoms with van der Waals surface area (Å²) in [6.07, 6.45) is 4.00. The summed E-state index contributed by atoms with van der Waals surface area (Å²) in [6.45, 7) is 8.09. The van der Waals surface area contributed by atoms with Crippen molar-refractivity contribution in [1.29, 1.82) is 0 Å². The number of nitrogens with zero attached hydrogens (tertiary/aromatic N) is 2. The third-order valence-electron chi connectivity index (χ3n) is 5.22. The molecule has 6 nitrogen and oxygen atoms in total. The van der Waals surface area contributed by atoms with Gasteiger partial charge in [0.15, 0.2) is 15.8 Å². The van der Waals surface area contributed by atoms with Crippen LogP contribution in [-0.4, -0.2) is 60.9 Å². The van der Waals surface area contributed by atoms with E-state index in [1.54, 1.807) is 13.8 Å². The number of H-pyrrole nitrogens is 1. The summed E-state index contributed by atoms with van der Waals surface area (Å²) in [7, 11) is -3.05. The molecule has 1 aromatic carbocycles. The zero-order valence-electron chi connectivity index (χ0n) is 16.9. The molecule has 2 heterocycles. The predicted octanol–water partition coefficient (Wildman–Crippen LogP) is 3.19. The lowest BCUT2D eigenvalue weighted by Crippen LogP contribution is -2.57. The van der Waals surface area contributed by atoms with E-state index in [1.807, 2.05) is 13.0 Å². The highest BCUT2D eigenvalue weighted by Crippen LogP contribution is 2.24. The second kappa shape index (κ2) is 9.47. The number of aryl methyl sites for hydroxylation is 1. The summed E-state index contributed by atoms with van der Waals surface area (Å²) in [5.41, 5.74) is 2.48. The number of aromatic nitrogens is 1. The van der Waals surface area contributed by atoms with Crippen LogP contribution in [0.2, 0.25) is 0 Å². The molecule has 1 aliphatic heterocycles. The summed E-state index contributed by atoms with van der Waals surface area (Å²) in [6, 6.07) is 8.33. The zero-order chi connectivity index (χ0) is 19.5. The van der Waals surface area contributed by atoms with Crippen LogP contribution in [0.4, 0.5) is 0 Å². The molecule has 3 rings (SSSR count). The van der Waals surface area contributed by atoms with Gasteiger partial charge >= 0.3 is 0 Å². The molecule has 1 fully saturated rings. The molecule has 0 radical (unpaired) electrons. The summed E-state index contributed by atoms with van der Waals surface area (Å²) in [4.78, 5) is 10.1. The maximum absolute atomic E-state index is 12.2. The van der Waals surface area contributed by atoms with E-state index in [2.05, 4.69) is 39.6 Å². The van der Waals surface area contributed by atoms with Crippen LogP contribution < -0.4 is 5.32 Å². The smallest absolute Gasteiger partial charge is 0.193 e. The molecule has 0 unspecified atom stereocenters. The van der Waals surface area contributed by atoms with Crippen LogP contribution in [0.15, 0.2) is 35.5 Å². The molecule has 1 saturated heterocycles. The zero-order valence-corrected chi connectivity index (χ0v) is 20.0. The van der Waals surface area contributed by atoms with Gasteiger partial charge in [0, 0.05) is 43.3 Å². The lowest BCUT2D eigenvalue weighted by Gasteiger charge is -2.39. The topological polar surface area (TPSA) is 77.6 Å². The number of para-hydroxylation sites is 1. The second-order valence-corrected chi connectivity index (χ2v) is 10.4. The first-order valence-corrected chi connectivity index (χ1v) is 11.3. The van der Waals surface area contributed by atoms with Crippen molar-refractivity contribution in [3.63, 3.8) is 0 Å².